The van der Waals surface area contributed by atoms with Crippen LogP contribution < -0.4 is 0 Å². The van der Waals surface area contributed by atoms with Crippen LogP contribution in [0.3, 0.4) is 0 Å². The zero-order valence-corrected chi connectivity index (χ0v) is 15.0. The zero-order valence-electron chi connectivity index (χ0n) is 15.0. The molecule has 1 fully saturated rings. The average Bonchev–Trinajstić information content (AvgIpc) is 2.66. The van der Waals surface area contributed by atoms with Crippen molar-refractivity contribution < 1.29 is 4.39 Å². The first-order chi connectivity index (χ1) is 9.70. The zero-order chi connectivity index (χ0) is 15.9. The lowest BCUT2D eigenvalue weighted by Gasteiger charge is -2.46. The van der Waals surface area contributed by atoms with Gasteiger partial charge >= 0.3 is 0 Å². The molecule has 1 heterocycles. The van der Waals surface area contributed by atoms with E-state index in [0.717, 1.165) is 19.4 Å². The minimum Gasteiger partial charge on any atom is -0.298 e. The number of halogens is 1. The summed E-state index contributed by atoms with van der Waals surface area (Å²) in [7, 11) is 0. The highest BCUT2D eigenvalue weighted by Crippen LogP contribution is 2.57. The third kappa shape index (κ3) is 2.81. The van der Waals surface area contributed by atoms with Gasteiger partial charge in [0.15, 0.2) is 0 Å². The smallest absolute Gasteiger partial charge is 0.122 e. The fraction of sp³-hybridized carbons (Fsp3) is 0.895. The SMILES string of the molecule is CC(C)C1=C(C(C)C)C2(CCN(C(C)C)CC2F)CC1C. The second-order valence-electron chi connectivity index (χ2n) is 8.25. The molecule has 1 nitrogen and oxygen atoms in total. The molecule has 1 spiro atoms. The van der Waals surface area contributed by atoms with Gasteiger partial charge < -0.3 is 0 Å². The number of alkyl halides is 1. The van der Waals surface area contributed by atoms with Crippen molar-refractivity contribution in [1.29, 1.82) is 0 Å². The topological polar surface area (TPSA) is 3.24 Å². The molecule has 1 aliphatic carbocycles. The van der Waals surface area contributed by atoms with Crippen LogP contribution in [0.4, 0.5) is 4.39 Å². The van der Waals surface area contributed by atoms with E-state index in [1.165, 1.54) is 5.57 Å². The van der Waals surface area contributed by atoms with Gasteiger partial charge in [0.05, 0.1) is 0 Å². The number of allylic oxidation sites excluding steroid dienone is 2. The molecule has 1 aliphatic heterocycles. The van der Waals surface area contributed by atoms with Gasteiger partial charge in [-0.3, -0.25) is 4.90 Å². The summed E-state index contributed by atoms with van der Waals surface area (Å²) in [4.78, 5) is 2.31. The second kappa shape index (κ2) is 6.02. The lowest BCUT2D eigenvalue weighted by atomic mass is 9.67. The monoisotopic (exact) mass is 295 g/mol. The van der Waals surface area contributed by atoms with Crippen molar-refractivity contribution in [1.82, 2.24) is 4.90 Å². The molecule has 0 saturated carbocycles. The summed E-state index contributed by atoms with van der Waals surface area (Å²) in [5.41, 5.74) is 2.87. The van der Waals surface area contributed by atoms with Gasteiger partial charge in [-0.05, 0) is 51.0 Å². The first-order valence-corrected chi connectivity index (χ1v) is 8.83. The third-order valence-electron chi connectivity index (χ3n) is 5.82. The molecule has 2 rings (SSSR count). The molecule has 122 valence electrons. The molecule has 21 heavy (non-hydrogen) atoms. The van der Waals surface area contributed by atoms with Crippen molar-refractivity contribution in [2.45, 2.75) is 73.5 Å². The van der Waals surface area contributed by atoms with Crippen LogP contribution in [0.1, 0.15) is 61.3 Å². The van der Waals surface area contributed by atoms with Crippen LogP contribution >= 0.6 is 0 Å². The van der Waals surface area contributed by atoms with Crippen molar-refractivity contribution in [3.8, 4) is 0 Å². The van der Waals surface area contributed by atoms with Crippen LogP contribution in [0.5, 0.6) is 0 Å². The Morgan fingerprint density at radius 1 is 1.10 bits per heavy atom. The minimum atomic E-state index is -0.704. The molecule has 2 heteroatoms. The van der Waals surface area contributed by atoms with E-state index < -0.39 is 6.17 Å². The normalized spacial score (nSPS) is 35.0. The largest absolute Gasteiger partial charge is 0.298 e. The highest BCUT2D eigenvalue weighted by molar-refractivity contribution is 5.35. The Balaban J connectivity index is 2.39. The minimum absolute atomic E-state index is 0.168. The van der Waals surface area contributed by atoms with Crippen LogP contribution in [-0.4, -0.2) is 30.2 Å². The van der Waals surface area contributed by atoms with E-state index in [9.17, 15) is 0 Å². The van der Waals surface area contributed by atoms with E-state index in [1.54, 1.807) is 5.57 Å². The van der Waals surface area contributed by atoms with Crippen LogP contribution in [0.2, 0.25) is 0 Å². The molecule has 0 radical (unpaired) electrons. The molecular formula is C19H34FN. The van der Waals surface area contributed by atoms with Crippen LogP contribution in [0, 0.1) is 23.2 Å². The molecule has 0 bridgehead atoms. The van der Waals surface area contributed by atoms with Crippen molar-refractivity contribution in [3.05, 3.63) is 11.1 Å². The van der Waals surface area contributed by atoms with Crippen molar-refractivity contribution in [2.24, 2.45) is 23.2 Å². The summed E-state index contributed by atoms with van der Waals surface area (Å²) < 4.78 is 15.3. The van der Waals surface area contributed by atoms with E-state index >= 15 is 4.39 Å². The molecule has 3 atom stereocenters. The molecule has 0 aromatic rings. The molecule has 0 amide bonds. The molecule has 3 unspecified atom stereocenters. The Morgan fingerprint density at radius 2 is 1.71 bits per heavy atom. The Hall–Kier alpha value is -0.370. The van der Waals surface area contributed by atoms with Gasteiger partial charge in [0.1, 0.15) is 6.17 Å². The van der Waals surface area contributed by atoms with Gasteiger partial charge in [-0.15, -0.1) is 0 Å². The lowest BCUT2D eigenvalue weighted by molar-refractivity contribution is 0.00989. The predicted octanol–water partition coefficient (Wildman–Crippen LogP) is 5.07. The summed E-state index contributed by atoms with van der Waals surface area (Å²) in [6.45, 7) is 17.4. The number of hydrogen-bond donors (Lipinski definition) is 0. The fourth-order valence-corrected chi connectivity index (χ4v) is 5.08. The van der Waals surface area contributed by atoms with E-state index in [1.807, 2.05) is 0 Å². The van der Waals surface area contributed by atoms with Crippen molar-refractivity contribution in [2.75, 3.05) is 13.1 Å². The van der Waals surface area contributed by atoms with Crippen LogP contribution in [0.25, 0.3) is 0 Å². The maximum Gasteiger partial charge on any atom is 0.122 e. The molecule has 0 aromatic heterocycles. The van der Waals surface area contributed by atoms with Crippen LogP contribution in [0.15, 0.2) is 11.1 Å². The van der Waals surface area contributed by atoms with Crippen molar-refractivity contribution in [3.63, 3.8) is 0 Å². The molecule has 2 aliphatic rings. The summed E-state index contributed by atoms with van der Waals surface area (Å²) in [5, 5.41) is 0. The molecule has 1 saturated heterocycles. The first-order valence-electron chi connectivity index (χ1n) is 8.83. The van der Waals surface area contributed by atoms with Gasteiger partial charge in [-0.1, -0.05) is 45.8 Å². The third-order valence-corrected chi connectivity index (χ3v) is 5.82. The van der Waals surface area contributed by atoms with Gasteiger partial charge in [-0.2, -0.15) is 0 Å². The summed E-state index contributed by atoms with van der Waals surface area (Å²) >= 11 is 0. The Morgan fingerprint density at radius 3 is 2.14 bits per heavy atom. The van der Waals surface area contributed by atoms with Gasteiger partial charge in [0.25, 0.3) is 0 Å². The van der Waals surface area contributed by atoms with Gasteiger partial charge in [0.2, 0.25) is 0 Å². The number of piperidine rings is 1. The summed E-state index contributed by atoms with van der Waals surface area (Å²) in [6, 6.07) is 0.454. The van der Waals surface area contributed by atoms with Gasteiger partial charge in [0, 0.05) is 18.0 Å². The quantitative estimate of drug-likeness (QED) is 0.657. The number of hydrogen-bond acceptors (Lipinski definition) is 1. The Bertz CT molecular complexity index is 410. The molecular weight excluding hydrogens is 261 g/mol. The maximum absolute atomic E-state index is 15.3. The fourth-order valence-electron chi connectivity index (χ4n) is 5.08. The predicted molar refractivity (Wildman–Crippen MR) is 89.1 cm³/mol. The highest BCUT2D eigenvalue weighted by atomic mass is 19.1. The summed E-state index contributed by atoms with van der Waals surface area (Å²) in [5.74, 6) is 1.56. The first kappa shape index (κ1) is 17.0. The lowest BCUT2D eigenvalue weighted by Crippen LogP contribution is -2.51. The Kier molecular flexibility index (Phi) is 4.87. The highest BCUT2D eigenvalue weighted by Gasteiger charge is 2.52. The molecule has 0 N–H and O–H groups in total. The number of rotatable bonds is 3. The van der Waals surface area contributed by atoms with Crippen molar-refractivity contribution >= 4 is 0 Å². The number of likely N-dealkylation sites (tertiary alicyclic amines) is 1. The van der Waals surface area contributed by atoms with E-state index in [2.05, 4.69) is 53.4 Å². The Labute approximate surface area is 131 Å². The van der Waals surface area contributed by atoms with E-state index in [4.69, 9.17) is 0 Å². The standard InChI is InChI=1S/C19H34FN/c1-12(2)17-15(7)10-19(18(17)13(3)4)8-9-21(14(5)6)11-16(19)20/h12-16H,8-11H2,1-7H3. The average molecular weight is 295 g/mol. The van der Waals surface area contributed by atoms with Crippen LogP contribution in [-0.2, 0) is 0 Å². The van der Waals surface area contributed by atoms with E-state index in [0.29, 0.717) is 30.3 Å². The summed E-state index contributed by atoms with van der Waals surface area (Å²) in [6.07, 6.45) is 1.33. The van der Waals surface area contributed by atoms with Gasteiger partial charge in [-0.25, -0.2) is 4.39 Å². The second-order valence-corrected chi connectivity index (χ2v) is 8.25. The maximum atomic E-state index is 15.3. The number of nitrogens with zero attached hydrogens (tertiary/aromatic N) is 1. The van der Waals surface area contributed by atoms with E-state index in [-0.39, 0.29) is 5.41 Å². The molecule has 0 aromatic carbocycles.